The van der Waals surface area contributed by atoms with Gasteiger partial charge in [-0.15, -0.1) is 0 Å². The van der Waals surface area contributed by atoms with E-state index in [1.807, 2.05) is 4.90 Å². The third-order valence-corrected chi connectivity index (χ3v) is 8.39. The van der Waals surface area contributed by atoms with Crippen LogP contribution in [-0.2, 0) is 19.6 Å². The second kappa shape index (κ2) is 9.67. The maximum Gasteiger partial charge on any atom is 0.255 e. The molecule has 1 unspecified atom stereocenters. The van der Waals surface area contributed by atoms with E-state index in [0.717, 1.165) is 32.1 Å². The van der Waals surface area contributed by atoms with Gasteiger partial charge in [0.2, 0.25) is 15.9 Å². The average Bonchev–Trinajstić information content (AvgIpc) is 2.84. The number of piperidine rings is 2. The monoisotopic (exact) mass is 449 g/mol. The first kappa shape index (κ1) is 22.2. The number of rotatable bonds is 4. The van der Waals surface area contributed by atoms with Gasteiger partial charge in [0.05, 0.1) is 29.6 Å². The first-order chi connectivity index (χ1) is 15.0. The number of nitrogens with zero attached hydrogens (tertiary/aromatic N) is 3. The largest absolute Gasteiger partial charge is 0.378 e. The SMILES string of the molecule is O=C(c1ccccc1S(=O)(=O)N1CCCCC1)N1CCCC(C(=O)N2CCOCC2)C1. The lowest BCUT2D eigenvalue weighted by Gasteiger charge is -2.36. The number of amides is 2. The lowest BCUT2D eigenvalue weighted by Crippen LogP contribution is -2.49. The summed E-state index contributed by atoms with van der Waals surface area (Å²) < 4.78 is 33.3. The van der Waals surface area contributed by atoms with E-state index in [1.54, 1.807) is 23.1 Å². The van der Waals surface area contributed by atoms with Gasteiger partial charge in [0.1, 0.15) is 0 Å². The molecular formula is C22H31N3O5S. The Morgan fingerprint density at radius 1 is 0.871 bits per heavy atom. The molecule has 1 atom stereocenters. The molecule has 1 aromatic carbocycles. The van der Waals surface area contributed by atoms with Crippen LogP contribution in [-0.4, -0.2) is 86.8 Å². The Hall–Kier alpha value is -1.97. The topological polar surface area (TPSA) is 87.2 Å². The smallest absolute Gasteiger partial charge is 0.255 e. The average molecular weight is 450 g/mol. The van der Waals surface area contributed by atoms with Gasteiger partial charge in [-0.3, -0.25) is 9.59 Å². The van der Waals surface area contributed by atoms with Gasteiger partial charge >= 0.3 is 0 Å². The Bertz CT molecular complexity index is 907. The molecule has 31 heavy (non-hydrogen) atoms. The zero-order valence-electron chi connectivity index (χ0n) is 17.9. The Balaban J connectivity index is 1.52. The number of sulfonamides is 1. The molecule has 1 aromatic rings. The van der Waals surface area contributed by atoms with Crippen molar-refractivity contribution in [3.8, 4) is 0 Å². The van der Waals surface area contributed by atoms with Crippen molar-refractivity contribution in [2.75, 3.05) is 52.5 Å². The molecule has 0 saturated carbocycles. The highest BCUT2D eigenvalue weighted by atomic mass is 32.2. The molecule has 3 aliphatic heterocycles. The number of carbonyl (C=O) groups excluding carboxylic acids is 2. The maximum atomic E-state index is 13.4. The molecule has 3 aliphatic rings. The van der Waals surface area contributed by atoms with Crippen LogP contribution >= 0.6 is 0 Å². The van der Waals surface area contributed by atoms with Crippen LogP contribution in [0.5, 0.6) is 0 Å². The highest BCUT2D eigenvalue weighted by molar-refractivity contribution is 7.89. The van der Waals surface area contributed by atoms with E-state index >= 15 is 0 Å². The minimum Gasteiger partial charge on any atom is -0.378 e. The normalized spacial score (nSPS) is 23.5. The van der Waals surface area contributed by atoms with Crippen molar-refractivity contribution in [2.24, 2.45) is 5.92 Å². The highest BCUT2D eigenvalue weighted by Gasteiger charge is 2.35. The Morgan fingerprint density at radius 3 is 2.32 bits per heavy atom. The van der Waals surface area contributed by atoms with E-state index in [-0.39, 0.29) is 28.2 Å². The molecule has 3 heterocycles. The number of morpholine rings is 1. The molecule has 0 spiro atoms. The van der Waals surface area contributed by atoms with Crippen LogP contribution in [0.1, 0.15) is 42.5 Å². The predicted octanol–water partition coefficient (Wildman–Crippen LogP) is 1.57. The zero-order chi connectivity index (χ0) is 21.8. The molecule has 0 radical (unpaired) electrons. The van der Waals surface area contributed by atoms with Crippen LogP contribution in [0.25, 0.3) is 0 Å². The molecule has 0 bridgehead atoms. The van der Waals surface area contributed by atoms with Gasteiger partial charge in [-0.2, -0.15) is 4.31 Å². The quantitative estimate of drug-likeness (QED) is 0.696. The van der Waals surface area contributed by atoms with Gasteiger partial charge in [0, 0.05) is 39.3 Å². The minimum atomic E-state index is -3.73. The molecule has 2 amide bonds. The highest BCUT2D eigenvalue weighted by Crippen LogP contribution is 2.27. The summed E-state index contributed by atoms with van der Waals surface area (Å²) in [4.78, 5) is 29.9. The van der Waals surface area contributed by atoms with Crippen LogP contribution in [0.4, 0.5) is 0 Å². The molecule has 3 fully saturated rings. The van der Waals surface area contributed by atoms with Crippen LogP contribution in [0.3, 0.4) is 0 Å². The lowest BCUT2D eigenvalue weighted by molar-refractivity contribution is -0.141. The summed E-state index contributed by atoms with van der Waals surface area (Å²) >= 11 is 0. The molecular weight excluding hydrogens is 418 g/mol. The van der Waals surface area contributed by atoms with Gasteiger partial charge in [0.25, 0.3) is 5.91 Å². The van der Waals surface area contributed by atoms with Crippen molar-refractivity contribution in [3.05, 3.63) is 29.8 Å². The van der Waals surface area contributed by atoms with Crippen molar-refractivity contribution in [1.29, 1.82) is 0 Å². The van der Waals surface area contributed by atoms with Gasteiger partial charge in [-0.05, 0) is 37.8 Å². The number of hydrogen-bond acceptors (Lipinski definition) is 5. The number of benzene rings is 1. The summed E-state index contributed by atoms with van der Waals surface area (Å²) in [5.74, 6) is -0.493. The second-order valence-corrected chi connectivity index (χ2v) is 10.4. The summed E-state index contributed by atoms with van der Waals surface area (Å²) in [7, 11) is -3.73. The summed E-state index contributed by atoms with van der Waals surface area (Å²) in [5.41, 5.74) is 0.201. The fourth-order valence-electron chi connectivity index (χ4n) is 4.69. The molecule has 0 aromatic heterocycles. The molecule has 0 aliphatic carbocycles. The van der Waals surface area contributed by atoms with E-state index in [2.05, 4.69) is 0 Å². The standard InChI is InChI=1S/C22H31N3O5S/c26-21(23-13-15-30-16-14-23)18-7-6-10-24(17-18)22(27)19-8-2-3-9-20(19)31(28,29)25-11-4-1-5-12-25/h2-3,8-9,18H,1,4-7,10-17H2. The number of ether oxygens (including phenoxy) is 1. The Labute approximate surface area is 184 Å². The number of hydrogen-bond donors (Lipinski definition) is 0. The summed E-state index contributed by atoms with van der Waals surface area (Å²) in [5, 5.41) is 0. The second-order valence-electron chi connectivity index (χ2n) is 8.49. The van der Waals surface area contributed by atoms with Gasteiger partial charge in [0.15, 0.2) is 0 Å². The van der Waals surface area contributed by atoms with Crippen LogP contribution < -0.4 is 0 Å². The van der Waals surface area contributed by atoms with Gasteiger partial charge in [-0.25, -0.2) is 8.42 Å². The van der Waals surface area contributed by atoms with Crippen LogP contribution in [0.15, 0.2) is 29.2 Å². The van der Waals surface area contributed by atoms with Gasteiger partial charge < -0.3 is 14.5 Å². The predicted molar refractivity (Wildman–Crippen MR) is 115 cm³/mol. The first-order valence-corrected chi connectivity index (χ1v) is 12.7. The molecule has 9 heteroatoms. The summed E-state index contributed by atoms with van der Waals surface area (Å²) in [6.45, 7) is 4.10. The lowest BCUT2D eigenvalue weighted by atomic mass is 9.95. The van der Waals surface area contributed by atoms with Crippen LogP contribution in [0.2, 0.25) is 0 Å². The van der Waals surface area contributed by atoms with E-state index in [1.165, 1.54) is 10.4 Å². The third-order valence-electron chi connectivity index (χ3n) is 6.43. The fourth-order valence-corrected chi connectivity index (χ4v) is 6.39. The third kappa shape index (κ3) is 4.78. The van der Waals surface area contributed by atoms with E-state index in [4.69, 9.17) is 4.74 Å². The number of likely N-dealkylation sites (tertiary alicyclic amines) is 1. The maximum absolute atomic E-state index is 13.4. The molecule has 4 rings (SSSR count). The van der Waals surface area contributed by atoms with Crippen molar-refractivity contribution in [3.63, 3.8) is 0 Å². The van der Waals surface area contributed by atoms with Crippen molar-refractivity contribution in [1.82, 2.24) is 14.1 Å². The van der Waals surface area contributed by atoms with E-state index in [0.29, 0.717) is 52.5 Å². The Morgan fingerprint density at radius 2 is 1.58 bits per heavy atom. The zero-order valence-corrected chi connectivity index (χ0v) is 18.7. The van der Waals surface area contributed by atoms with Crippen molar-refractivity contribution >= 4 is 21.8 Å². The molecule has 8 nitrogen and oxygen atoms in total. The summed E-state index contributed by atoms with van der Waals surface area (Å²) in [6, 6.07) is 6.47. The van der Waals surface area contributed by atoms with Gasteiger partial charge in [-0.1, -0.05) is 18.6 Å². The summed E-state index contributed by atoms with van der Waals surface area (Å²) in [6.07, 6.45) is 4.18. The van der Waals surface area contributed by atoms with Crippen molar-refractivity contribution < 1.29 is 22.7 Å². The fraction of sp³-hybridized carbons (Fsp3) is 0.636. The Kier molecular flexibility index (Phi) is 6.93. The first-order valence-electron chi connectivity index (χ1n) is 11.2. The molecule has 3 saturated heterocycles. The van der Waals surface area contributed by atoms with Crippen molar-refractivity contribution in [2.45, 2.75) is 37.0 Å². The van der Waals surface area contributed by atoms with E-state index < -0.39 is 10.0 Å². The number of carbonyl (C=O) groups is 2. The minimum absolute atomic E-state index is 0.0648. The molecule has 0 N–H and O–H groups in total. The van der Waals surface area contributed by atoms with E-state index in [9.17, 15) is 18.0 Å². The molecule has 170 valence electrons. The van der Waals surface area contributed by atoms with Crippen LogP contribution in [0, 0.1) is 5.92 Å².